The van der Waals surface area contributed by atoms with Gasteiger partial charge < -0.3 is 64.6 Å². The van der Waals surface area contributed by atoms with E-state index in [0.29, 0.717) is 0 Å². The molecule has 3 aromatic carbocycles. The van der Waals surface area contributed by atoms with Crippen molar-refractivity contribution < 1.29 is 69.4 Å². The fourth-order valence-electron chi connectivity index (χ4n) is 4.49. The second-order valence-corrected chi connectivity index (χ2v) is 9.67. The summed E-state index contributed by atoms with van der Waals surface area (Å²) in [7, 11) is 0. The fourth-order valence-corrected chi connectivity index (χ4v) is 4.49. The van der Waals surface area contributed by atoms with Gasteiger partial charge in [0, 0.05) is 17.7 Å². The molecule has 15 nitrogen and oxygen atoms in total. The van der Waals surface area contributed by atoms with Gasteiger partial charge in [0.1, 0.15) is 28.6 Å². The van der Waals surface area contributed by atoms with Crippen LogP contribution in [0.1, 0.15) is 17.3 Å². The number of rotatable bonds is 5. The van der Waals surface area contributed by atoms with Crippen molar-refractivity contribution in [2.24, 2.45) is 0 Å². The minimum Gasteiger partial charge on any atom is -0.508 e. The molecule has 0 bridgehead atoms. The van der Waals surface area contributed by atoms with E-state index >= 15 is 0 Å². The number of fused-ring (bicyclic) bond motifs is 1. The van der Waals surface area contributed by atoms with Crippen LogP contribution in [0.15, 0.2) is 51.7 Å². The molecule has 1 aliphatic heterocycles. The predicted octanol–water partition coefficient (Wildman–Crippen LogP) is 1.47. The Bertz CT molecular complexity index is 1770. The van der Waals surface area contributed by atoms with Crippen LogP contribution in [0, 0.1) is 0 Å². The van der Waals surface area contributed by atoms with E-state index in [1.54, 1.807) is 0 Å². The number of ether oxygens (including phenoxy) is 3. The van der Waals surface area contributed by atoms with Crippen molar-refractivity contribution in [2.75, 3.05) is 0 Å². The highest BCUT2D eigenvalue weighted by Crippen LogP contribution is 2.40. The van der Waals surface area contributed by atoms with Crippen LogP contribution in [0.5, 0.6) is 46.0 Å². The molecule has 2 heterocycles. The molecule has 1 aliphatic rings. The number of carbonyl (C=O) groups is 1. The van der Waals surface area contributed by atoms with E-state index in [9.17, 15) is 55.5 Å². The standard InChI is InChI=1S/C28H24O15/c1-9-20(35)25(42-27(39)11-5-16(33)21(36)17(34)6-11)23(38)28(40-9)43-26-22(37)19-15(32)7-12(29)8-18(19)41-24(26)10-2-3-13(30)14(31)4-10/h2-9,20,23,25,28-36,38H,1H3/t9-,20-,23+,25+,28-/m1/s1. The summed E-state index contributed by atoms with van der Waals surface area (Å²) >= 11 is 0. The summed E-state index contributed by atoms with van der Waals surface area (Å²) in [6.07, 6.45) is -8.42. The summed E-state index contributed by atoms with van der Waals surface area (Å²) in [5, 5.41) is 90.3. The normalized spacial score (nSPS) is 21.9. The van der Waals surface area contributed by atoms with Gasteiger partial charge in [-0.25, -0.2) is 4.79 Å². The molecule has 4 aromatic rings. The Morgan fingerprint density at radius 3 is 2.14 bits per heavy atom. The molecular weight excluding hydrogens is 576 g/mol. The maximum absolute atomic E-state index is 13.6. The van der Waals surface area contributed by atoms with Gasteiger partial charge in [-0.1, -0.05) is 0 Å². The number of phenolic OH excluding ortho intramolecular Hbond substituents is 7. The van der Waals surface area contributed by atoms with Gasteiger partial charge in [-0.15, -0.1) is 0 Å². The Hall–Kier alpha value is -5.38. The van der Waals surface area contributed by atoms with Crippen LogP contribution in [0.3, 0.4) is 0 Å². The molecule has 0 saturated carbocycles. The van der Waals surface area contributed by atoms with Crippen molar-refractivity contribution in [3.05, 3.63) is 58.3 Å². The van der Waals surface area contributed by atoms with Crippen LogP contribution < -0.4 is 10.2 Å². The molecule has 1 saturated heterocycles. The number of aliphatic hydroxyl groups excluding tert-OH is 2. The molecule has 1 fully saturated rings. The zero-order valence-electron chi connectivity index (χ0n) is 21.9. The van der Waals surface area contributed by atoms with E-state index in [4.69, 9.17) is 18.6 Å². The third-order valence-corrected chi connectivity index (χ3v) is 6.72. The van der Waals surface area contributed by atoms with Crippen LogP contribution >= 0.6 is 0 Å². The van der Waals surface area contributed by atoms with E-state index in [2.05, 4.69) is 0 Å². The smallest absolute Gasteiger partial charge is 0.338 e. The Labute approximate surface area is 239 Å². The van der Waals surface area contributed by atoms with Crippen LogP contribution in [0.2, 0.25) is 0 Å². The average Bonchev–Trinajstić information content (AvgIpc) is 2.94. The van der Waals surface area contributed by atoms with Crippen molar-refractivity contribution >= 4 is 16.9 Å². The number of phenols is 7. The monoisotopic (exact) mass is 600 g/mol. The lowest BCUT2D eigenvalue weighted by molar-refractivity contribution is -0.267. The van der Waals surface area contributed by atoms with Gasteiger partial charge >= 0.3 is 5.97 Å². The Morgan fingerprint density at radius 2 is 1.49 bits per heavy atom. The molecule has 5 rings (SSSR count). The van der Waals surface area contributed by atoms with E-state index in [-0.39, 0.29) is 11.1 Å². The quantitative estimate of drug-likeness (QED) is 0.116. The van der Waals surface area contributed by atoms with E-state index < -0.39 is 105 Å². The van der Waals surface area contributed by atoms with E-state index in [0.717, 1.165) is 36.4 Å². The van der Waals surface area contributed by atoms with Crippen LogP contribution in [-0.4, -0.2) is 82.6 Å². The lowest BCUT2D eigenvalue weighted by atomic mass is 9.99. The predicted molar refractivity (Wildman–Crippen MR) is 142 cm³/mol. The average molecular weight is 600 g/mol. The van der Waals surface area contributed by atoms with Crippen LogP contribution in [0.25, 0.3) is 22.3 Å². The number of benzene rings is 3. The number of carbonyl (C=O) groups excluding carboxylic acids is 1. The molecule has 0 unspecified atom stereocenters. The second kappa shape index (κ2) is 10.8. The minimum atomic E-state index is -1.99. The highest BCUT2D eigenvalue weighted by atomic mass is 16.7. The highest BCUT2D eigenvalue weighted by Gasteiger charge is 2.47. The van der Waals surface area contributed by atoms with Gasteiger partial charge in [0.25, 0.3) is 0 Å². The molecule has 1 aromatic heterocycles. The van der Waals surface area contributed by atoms with Crippen molar-refractivity contribution in [2.45, 2.75) is 37.6 Å². The first kappa shape index (κ1) is 29.1. The third-order valence-electron chi connectivity index (χ3n) is 6.72. The van der Waals surface area contributed by atoms with Gasteiger partial charge in [-0.3, -0.25) is 4.79 Å². The SMILES string of the molecule is C[C@H]1O[C@H](Oc2c(-c3ccc(O)c(O)c3)oc3cc(O)cc(O)c3c2=O)[C@@H](O)[C@@H](OC(=O)c2cc(O)c(O)c(O)c2)[C@@H]1O. The molecule has 0 aliphatic carbocycles. The zero-order chi connectivity index (χ0) is 31.3. The lowest BCUT2D eigenvalue weighted by Crippen LogP contribution is -2.59. The fraction of sp³-hybridized carbons (Fsp3) is 0.214. The van der Waals surface area contributed by atoms with Gasteiger partial charge in [-0.2, -0.15) is 0 Å². The highest BCUT2D eigenvalue weighted by molar-refractivity contribution is 5.91. The first-order chi connectivity index (χ1) is 20.3. The Morgan fingerprint density at radius 1 is 0.814 bits per heavy atom. The van der Waals surface area contributed by atoms with Crippen molar-refractivity contribution in [3.8, 4) is 57.3 Å². The molecule has 0 spiro atoms. The molecule has 9 N–H and O–H groups in total. The zero-order valence-corrected chi connectivity index (χ0v) is 21.9. The maximum atomic E-state index is 13.6. The van der Waals surface area contributed by atoms with Crippen LogP contribution in [0.4, 0.5) is 0 Å². The number of hydrogen-bond donors (Lipinski definition) is 9. The summed E-state index contributed by atoms with van der Waals surface area (Å²) in [4.78, 5) is 26.4. The molecule has 43 heavy (non-hydrogen) atoms. The van der Waals surface area contributed by atoms with E-state index in [1.165, 1.54) is 13.0 Å². The Kier molecular flexibility index (Phi) is 7.31. The number of hydrogen-bond acceptors (Lipinski definition) is 15. The molecule has 0 radical (unpaired) electrons. The van der Waals surface area contributed by atoms with Gasteiger partial charge in [0.15, 0.2) is 46.7 Å². The second-order valence-electron chi connectivity index (χ2n) is 9.67. The molecule has 0 amide bonds. The molecular formula is C28H24O15. The molecule has 226 valence electrons. The number of aromatic hydroxyl groups is 7. The summed E-state index contributed by atoms with van der Waals surface area (Å²) in [5.74, 6) is -7.13. The topological polar surface area (TPSA) is 257 Å². The van der Waals surface area contributed by atoms with Crippen molar-refractivity contribution in [3.63, 3.8) is 0 Å². The summed E-state index contributed by atoms with van der Waals surface area (Å²) in [6.45, 7) is 1.34. The summed E-state index contributed by atoms with van der Waals surface area (Å²) in [5.41, 5.74) is -1.79. The van der Waals surface area contributed by atoms with Crippen LogP contribution in [-0.2, 0) is 9.47 Å². The summed E-state index contributed by atoms with van der Waals surface area (Å²) < 4.78 is 22.2. The van der Waals surface area contributed by atoms with E-state index in [1.807, 2.05) is 0 Å². The molecule has 5 atom stereocenters. The third kappa shape index (κ3) is 5.23. The summed E-state index contributed by atoms with van der Waals surface area (Å²) in [6, 6.07) is 6.79. The largest absolute Gasteiger partial charge is 0.508 e. The number of esters is 1. The van der Waals surface area contributed by atoms with Gasteiger partial charge in [-0.05, 0) is 37.3 Å². The first-order valence-electron chi connectivity index (χ1n) is 12.5. The Balaban J connectivity index is 1.55. The van der Waals surface area contributed by atoms with Crippen molar-refractivity contribution in [1.82, 2.24) is 0 Å². The number of aliphatic hydroxyl groups is 2. The minimum absolute atomic E-state index is 0.0274. The maximum Gasteiger partial charge on any atom is 0.338 e. The first-order valence-corrected chi connectivity index (χ1v) is 12.5. The molecule has 15 heteroatoms. The van der Waals surface area contributed by atoms with Crippen molar-refractivity contribution in [1.29, 1.82) is 0 Å². The lowest BCUT2D eigenvalue weighted by Gasteiger charge is -2.40. The van der Waals surface area contributed by atoms with Gasteiger partial charge in [0.05, 0.1) is 11.7 Å². The van der Waals surface area contributed by atoms with Gasteiger partial charge in [0.2, 0.25) is 17.5 Å².